The summed E-state index contributed by atoms with van der Waals surface area (Å²) in [5.41, 5.74) is 3.56. The van der Waals surface area contributed by atoms with E-state index in [-0.39, 0.29) is 12.5 Å². The number of hydrogen-bond donors (Lipinski definition) is 4. The third kappa shape index (κ3) is 4.96. The number of nitrogens with zero attached hydrogens (tertiary/aromatic N) is 3. The van der Waals surface area contributed by atoms with E-state index in [1.54, 1.807) is 24.3 Å². The predicted molar refractivity (Wildman–Crippen MR) is 129 cm³/mol. The summed E-state index contributed by atoms with van der Waals surface area (Å²) in [6.45, 7) is 4.11. The molecule has 2 aromatic carbocycles. The van der Waals surface area contributed by atoms with Crippen LogP contribution >= 0.6 is 22.9 Å². The molecule has 0 aliphatic carbocycles. The number of amides is 1. The van der Waals surface area contributed by atoms with Crippen molar-refractivity contribution in [2.75, 3.05) is 29.1 Å². The highest BCUT2D eigenvalue weighted by Gasteiger charge is 2.13. The fraction of sp³-hybridized carbons (Fsp3) is 0.182. The maximum atomic E-state index is 12.8. The molecular weight excluding hydrogens is 448 g/mol. The van der Waals surface area contributed by atoms with E-state index >= 15 is 0 Å². The summed E-state index contributed by atoms with van der Waals surface area (Å²) in [5, 5.41) is 19.2. The van der Waals surface area contributed by atoms with Crippen molar-refractivity contribution in [3.05, 3.63) is 64.3 Å². The first-order valence-corrected chi connectivity index (χ1v) is 11.1. The fourth-order valence-electron chi connectivity index (χ4n) is 3.08. The van der Waals surface area contributed by atoms with Gasteiger partial charge in [-0.05, 0) is 43.7 Å². The van der Waals surface area contributed by atoms with Crippen molar-refractivity contribution < 1.29 is 9.90 Å². The molecule has 2 aromatic heterocycles. The Labute approximate surface area is 193 Å². The van der Waals surface area contributed by atoms with Crippen LogP contribution in [0.5, 0.6) is 0 Å². The largest absolute Gasteiger partial charge is 0.395 e. The summed E-state index contributed by atoms with van der Waals surface area (Å²) in [5.74, 6) is 0.776. The van der Waals surface area contributed by atoms with Gasteiger partial charge in [0.25, 0.3) is 5.91 Å². The molecule has 0 spiro atoms. The van der Waals surface area contributed by atoms with Crippen molar-refractivity contribution in [2.45, 2.75) is 13.8 Å². The number of para-hydroxylation sites is 1. The lowest BCUT2D eigenvalue weighted by molar-refractivity contribution is 0.102. The second-order valence-corrected chi connectivity index (χ2v) is 8.52. The first-order chi connectivity index (χ1) is 15.4. The molecule has 164 valence electrons. The molecule has 0 aliphatic rings. The number of aromatic nitrogens is 3. The number of rotatable bonds is 7. The number of aryl methyl sites for hydroxylation is 2. The Morgan fingerprint density at radius 2 is 1.97 bits per heavy atom. The van der Waals surface area contributed by atoms with E-state index in [2.05, 4.69) is 30.9 Å². The minimum Gasteiger partial charge on any atom is -0.395 e. The van der Waals surface area contributed by atoms with Gasteiger partial charge in [0.1, 0.15) is 5.82 Å². The van der Waals surface area contributed by atoms with Crippen LogP contribution in [0.3, 0.4) is 0 Å². The second-order valence-electron chi connectivity index (χ2n) is 7.08. The molecule has 4 rings (SSSR count). The van der Waals surface area contributed by atoms with Crippen LogP contribution in [-0.4, -0.2) is 39.1 Å². The van der Waals surface area contributed by atoms with Crippen molar-refractivity contribution in [3.63, 3.8) is 0 Å². The Hall–Kier alpha value is -3.27. The number of thiazole rings is 1. The molecule has 0 aliphatic heterocycles. The zero-order valence-corrected chi connectivity index (χ0v) is 19.0. The average Bonchev–Trinajstić information content (AvgIpc) is 3.15. The SMILES string of the molecule is Cc1cc(Nc2nc3ccc(C(=O)Nc4c(C)cccc4Cl)cc3s2)nc(NCCO)n1. The Morgan fingerprint density at radius 1 is 1.12 bits per heavy atom. The van der Waals surface area contributed by atoms with E-state index in [1.807, 2.05) is 32.0 Å². The molecule has 4 aromatic rings. The quantitative estimate of drug-likeness (QED) is 0.309. The van der Waals surface area contributed by atoms with Crippen LogP contribution < -0.4 is 16.0 Å². The molecule has 0 saturated heterocycles. The molecule has 2 heterocycles. The average molecular weight is 469 g/mol. The topological polar surface area (TPSA) is 112 Å². The third-order valence-electron chi connectivity index (χ3n) is 4.60. The smallest absolute Gasteiger partial charge is 0.255 e. The van der Waals surface area contributed by atoms with E-state index in [1.165, 1.54) is 11.3 Å². The van der Waals surface area contributed by atoms with Crippen LogP contribution in [0.25, 0.3) is 10.2 Å². The monoisotopic (exact) mass is 468 g/mol. The second kappa shape index (κ2) is 9.47. The van der Waals surface area contributed by atoms with Crippen molar-refractivity contribution in [1.82, 2.24) is 15.0 Å². The molecule has 0 fully saturated rings. The third-order valence-corrected chi connectivity index (χ3v) is 5.84. The van der Waals surface area contributed by atoms with Gasteiger partial charge in [-0.3, -0.25) is 4.79 Å². The summed E-state index contributed by atoms with van der Waals surface area (Å²) in [6.07, 6.45) is 0. The molecule has 0 bridgehead atoms. The van der Waals surface area contributed by atoms with Gasteiger partial charge in [0, 0.05) is 23.9 Å². The number of carbonyl (C=O) groups excluding carboxylic acids is 1. The molecule has 1 amide bonds. The van der Waals surface area contributed by atoms with Gasteiger partial charge in [-0.15, -0.1) is 0 Å². The Bertz CT molecular complexity index is 1270. The normalized spacial score (nSPS) is 10.9. The lowest BCUT2D eigenvalue weighted by Gasteiger charge is -2.10. The maximum absolute atomic E-state index is 12.8. The van der Waals surface area contributed by atoms with Crippen molar-refractivity contribution in [1.29, 1.82) is 0 Å². The van der Waals surface area contributed by atoms with Gasteiger partial charge in [-0.2, -0.15) is 4.98 Å². The van der Waals surface area contributed by atoms with Gasteiger partial charge in [0.05, 0.1) is 27.5 Å². The molecule has 0 atom stereocenters. The van der Waals surface area contributed by atoms with E-state index in [0.29, 0.717) is 39.7 Å². The molecule has 0 saturated carbocycles. The number of halogens is 1. The van der Waals surface area contributed by atoms with Crippen LogP contribution in [0.2, 0.25) is 5.02 Å². The first kappa shape index (κ1) is 21.9. The van der Waals surface area contributed by atoms with E-state index in [0.717, 1.165) is 21.5 Å². The van der Waals surface area contributed by atoms with Crippen LogP contribution in [0.4, 0.5) is 22.6 Å². The van der Waals surface area contributed by atoms with E-state index in [9.17, 15) is 4.79 Å². The minimum absolute atomic E-state index is 0.0100. The Morgan fingerprint density at radius 3 is 2.75 bits per heavy atom. The summed E-state index contributed by atoms with van der Waals surface area (Å²) >= 11 is 7.65. The zero-order valence-electron chi connectivity index (χ0n) is 17.4. The molecular formula is C22H21ClN6O2S. The lowest BCUT2D eigenvalue weighted by atomic mass is 10.1. The minimum atomic E-state index is -0.239. The van der Waals surface area contributed by atoms with Crippen molar-refractivity contribution >= 4 is 61.6 Å². The summed E-state index contributed by atoms with van der Waals surface area (Å²) in [4.78, 5) is 26.0. The zero-order chi connectivity index (χ0) is 22.7. The number of benzene rings is 2. The van der Waals surface area contributed by atoms with Gasteiger partial charge < -0.3 is 21.1 Å². The molecule has 8 nitrogen and oxygen atoms in total. The predicted octanol–water partition coefficient (Wildman–Crippen LogP) is 4.76. The number of aliphatic hydroxyl groups excluding tert-OH is 1. The van der Waals surface area contributed by atoms with Crippen LogP contribution in [0.1, 0.15) is 21.6 Å². The van der Waals surface area contributed by atoms with Crippen molar-refractivity contribution in [3.8, 4) is 0 Å². The van der Waals surface area contributed by atoms with Gasteiger partial charge in [-0.1, -0.05) is 35.1 Å². The number of fused-ring (bicyclic) bond motifs is 1. The highest BCUT2D eigenvalue weighted by Crippen LogP contribution is 2.30. The summed E-state index contributed by atoms with van der Waals surface area (Å²) in [7, 11) is 0. The molecule has 0 unspecified atom stereocenters. The summed E-state index contributed by atoms with van der Waals surface area (Å²) in [6, 6.07) is 12.6. The van der Waals surface area contributed by atoms with E-state index in [4.69, 9.17) is 16.7 Å². The molecule has 0 radical (unpaired) electrons. The number of aliphatic hydroxyl groups is 1. The van der Waals surface area contributed by atoms with Crippen LogP contribution in [0.15, 0.2) is 42.5 Å². The van der Waals surface area contributed by atoms with Gasteiger partial charge in [0.2, 0.25) is 5.95 Å². The van der Waals surface area contributed by atoms with Crippen LogP contribution in [0, 0.1) is 13.8 Å². The van der Waals surface area contributed by atoms with Crippen LogP contribution in [-0.2, 0) is 0 Å². The number of anilines is 4. The van der Waals surface area contributed by atoms with Crippen molar-refractivity contribution in [2.24, 2.45) is 0 Å². The molecule has 4 N–H and O–H groups in total. The maximum Gasteiger partial charge on any atom is 0.255 e. The fourth-order valence-corrected chi connectivity index (χ4v) is 4.27. The Balaban J connectivity index is 1.54. The van der Waals surface area contributed by atoms with Gasteiger partial charge >= 0.3 is 0 Å². The molecule has 10 heteroatoms. The molecule has 32 heavy (non-hydrogen) atoms. The Kier molecular flexibility index (Phi) is 6.50. The highest BCUT2D eigenvalue weighted by atomic mass is 35.5. The summed E-state index contributed by atoms with van der Waals surface area (Å²) < 4.78 is 0.862. The highest BCUT2D eigenvalue weighted by molar-refractivity contribution is 7.22. The number of nitrogens with one attached hydrogen (secondary N) is 3. The van der Waals surface area contributed by atoms with Gasteiger partial charge in [-0.25, -0.2) is 9.97 Å². The first-order valence-electron chi connectivity index (χ1n) is 9.87. The van der Waals surface area contributed by atoms with Gasteiger partial charge in [0.15, 0.2) is 5.13 Å². The lowest BCUT2D eigenvalue weighted by Crippen LogP contribution is -2.13. The number of hydrogen-bond acceptors (Lipinski definition) is 8. The van der Waals surface area contributed by atoms with E-state index < -0.39 is 0 Å². The standard InChI is InChI=1S/C22H21ClN6O2S/c1-12-4-3-5-15(23)19(12)29-20(31)14-6-7-16-17(11-14)32-22(26-16)28-18-10-13(2)25-21(27-18)24-8-9-30/h3-7,10-11,30H,8-9H2,1-2H3,(H,29,31)(H2,24,25,26,27,28). The number of carbonyl (C=O) groups is 1.